The zero-order valence-electron chi connectivity index (χ0n) is 11.8. The third-order valence-electron chi connectivity index (χ3n) is 3.14. The van der Waals surface area contributed by atoms with Crippen LogP contribution in [0.1, 0.15) is 17.2 Å². The highest BCUT2D eigenvalue weighted by Gasteiger charge is 2.05. The summed E-state index contributed by atoms with van der Waals surface area (Å²) in [5.41, 5.74) is 8.59. The van der Waals surface area contributed by atoms with Gasteiger partial charge in [0.1, 0.15) is 12.4 Å². The van der Waals surface area contributed by atoms with Gasteiger partial charge in [-0.25, -0.2) is 9.97 Å². The van der Waals surface area contributed by atoms with Crippen molar-refractivity contribution < 1.29 is 4.74 Å². The lowest BCUT2D eigenvalue weighted by Crippen LogP contribution is -2.05. The number of ether oxygens (including phenoxy) is 1. The Morgan fingerprint density at radius 2 is 1.86 bits per heavy atom. The molecule has 0 aliphatic carbocycles. The first-order valence-electron chi connectivity index (χ1n) is 6.70. The SMILES string of the molecule is COCc1nc(N)cc(Cc2ccc3ccccc3n2)n1. The van der Waals surface area contributed by atoms with Crippen molar-refractivity contribution in [1.29, 1.82) is 0 Å². The number of hydrogen-bond donors (Lipinski definition) is 1. The molecule has 3 aromatic rings. The van der Waals surface area contributed by atoms with Crippen LogP contribution < -0.4 is 5.73 Å². The van der Waals surface area contributed by atoms with Crippen LogP contribution in [0.3, 0.4) is 0 Å². The van der Waals surface area contributed by atoms with Gasteiger partial charge < -0.3 is 10.5 Å². The number of nitrogens with zero attached hydrogens (tertiary/aromatic N) is 3. The smallest absolute Gasteiger partial charge is 0.156 e. The predicted octanol–water partition coefficient (Wildman–Crippen LogP) is 2.34. The van der Waals surface area contributed by atoms with Crippen LogP contribution in [0, 0.1) is 0 Å². The lowest BCUT2D eigenvalue weighted by atomic mass is 10.1. The summed E-state index contributed by atoms with van der Waals surface area (Å²) in [5, 5.41) is 1.13. The van der Waals surface area contributed by atoms with E-state index in [2.05, 4.69) is 21.0 Å². The quantitative estimate of drug-likeness (QED) is 0.794. The monoisotopic (exact) mass is 280 g/mol. The Balaban J connectivity index is 1.90. The minimum Gasteiger partial charge on any atom is -0.384 e. The molecule has 0 atom stereocenters. The van der Waals surface area contributed by atoms with Crippen LogP contribution in [0.25, 0.3) is 10.9 Å². The molecule has 106 valence electrons. The maximum absolute atomic E-state index is 5.81. The highest BCUT2D eigenvalue weighted by Crippen LogP contribution is 2.14. The van der Waals surface area contributed by atoms with Gasteiger partial charge in [-0.2, -0.15) is 0 Å². The Bertz CT molecular complexity index is 773. The van der Waals surface area contributed by atoms with E-state index in [4.69, 9.17) is 10.5 Å². The number of methoxy groups -OCH3 is 1. The molecule has 0 unspecified atom stereocenters. The molecule has 0 aliphatic heterocycles. The number of fused-ring (bicyclic) bond motifs is 1. The summed E-state index contributed by atoms with van der Waals surface area (Å²) in [4.78, 5) is 13.2. The minimum atomic E-state index is 0.350. The third-order valence-corrected chi connectivity index (χ3v) is 3.14. The fourth-order valence-corrected chi connectivity index (χ4v) is 2.25. The van der Waals surface area contributed by atoms with Gasteiger partial charge in [0, 0.05) is 30.7 Å². The normalized spacial score (nSPS) is 10.9. The standard InChI is InChI=1S/C16H16N4O/c1-21-10-16-19-13(9-15(17)20-16)8-12-7-6-11-4-2-3-5-14(11)18-12/h2-7,9H,8,10H2,1H3,(H2,17,19,20). The second-order valence-corrected chi connectivity index (χ2v) is 4.81. The van der Waals surface area contributed by atoms with Crippen molar-refractivity contribution in [2.75, 3.05) is 12.8 Å². The van der Waals surface area contributed by atoms with Crippen molar-refractivity contribution in [2.45, 2.75) is 13.0 Å². The topological polar surface area (TPSA) is 73.9 Å². The van der Waals surface area contributed by atoms with Crippen molar-refractivity contribution in [3.05, 3.63) is 59.7 Å². The number of hydrogen-bond acceptors (Lipinski definition) is 5. The lowest BCUT2D eigenvalue weighted by molar-refractivity contribution is 0.177. The second-order valence-electron chi connectivity index (χ2n) is 4.81. The third kappa shape index (κ3) is 3.14. The van der Waals surface area contributed by atoms with Gasteiger partial charge in [-0.15, -0.1) is 0 Å². The predicted molar refractivity (Wildman–Crippen MR) is 81.7 cm³/mol. The number of nitrogens with two attached hydrogens (primary N) is 1. The van der Waals surface area contributed by atoms with Crippen molar-refractivity contribution in [2.24, 2.45) is 0 Å². The van der Waals surface area contributed by atoms with Gasteiger partial charge in [0.25, 0.3) is 0 Å². The van der Waals surface area contributed by atoms with Gasteiger partial charge >= 0.3 is 0 Å². The maximum atomic E-state index is 5.81. The molecule has 21 heavy (non-hydrogen) atoms. The van der Waals surface area contributed by atoms with E-state index in [1.807, 2.05) is 30.3 Å². The van der Waals surface area contributed by atoms with Gasteiger partial charge in [-0.1, -0.05) is 24.3 Å². The first-order valence-corrected chi connectivity index (χ1v) is 6.70. The number of para-hydroxylation sites is 1. The highest BCUT2D eigenvalue weighted by molar-refractivity contribution is 5.78. The minimum absolute atomic E-state index is 0.350. The molecule has 2 N–H and O–H groups in total. The lowest BCUT2D eigenvalue weighted by Gasteiger charge is -2.06. The molecule has 1 aromatic carbocycles. The maximum Gasteiger partial charge on any atom is 0.156 e. The van der Waals surface area contributed by atoms with Crippen LogP contribution in [0.15, 0.2) is 42.5 Å². The fraction of sp³-hybridized carbons (Fsp3) is 0.188. The largest absolute Gasteiger partial charge is 0.384 e. The molecule has 3 rings (SSSR count). The zero-order valence-corrected chi connectivity index (χ0v) is 11.8. The van der Waals surface area contributed by atoms with Crippen LogP contribution in [-0.2, 0) is 17.8 Å². The van der Waals surface area contributed by atoms with E-state index in [0.717, 1.165) is 22.3 Å². The van der Waals surface area contributed by atoms with Gasteiger partial charge in [0.15, 0.2) is 5.82 Å². The van der Waals surface area contributed by atoms with E-state index >= 15 is 0 Å². The first-order chi connectivity index (χ1) is 10.2. The van der Waals surface area contributed by atoms with Crippen LogP contribution >= 0.6 is 0 Å². The van der Waals surface area contributed by atoms with E-state index in [-0.39, 0.29) is 0 Å². The van der Waals surface area contributed by atoms with Crippen LogP contribution in [0.5, 0.6) is 0 Å². The molecule has 5 nitrogen and oxygen atoms in total. The average molecular weight is 280 g/mol. The molecule has 2 heterocycles. The van der Waals surface area contributed by atoms with Crippen LogP contribution in [0.2, 0.25) is 0 Å². The van der Waals surface area contributed by atoms with Gasteiger partial charge in [0.05, 0.1) is 11.2 Å². The van der Waals surface area contributed by atoms with Crippen molar-refractivity contribution in [3.63, 3.8) is 0 Å². The summed E-state index contributed by atoms with van der Waals surface area (Å²) in [6.45, 7) is 0.350. The summed E-state index contributed by atoms with van der Waals surface area (Å²) >= 11 is 0. The van der Waals surface area contributed by atoms with E-state index in [0.29, 0.717) is 24.7 Å². The Kier molecular flexibility index (Phi) is 3.75. The Hall–Kier alpha value is -2.53. The molecule has 0 fully saturated rings. The molecule has 0 saturated carbocycles. The number of benzene rings is 1. The van der Waals surface area contributed by atoms with E-state index in [1.165, 1.54) is 0 Å². The van der Waals surface area contributed by atoms with Gasteiger partial charge in [-0.05, 0) is 12.1 Å². The molecular weight excluding hydrogens is 264 g/mol. The number of pyridine rings is 1. The van der Waals surface area contributed by atoms with Crippen molar-refractivity contribution in [3.8, 4) is 0 Å². The fourth-order valence-electron chi connectivity index (χ4n) is 2.25. The summed E-state index contributed by atoms with van der Waals surface area (Å²) in [7, 11) is 1.61. The van der Waals surface area contributed by atoms with Gasteiger partial charge in [-0.3, -0.25) is 4.98 Å². The highest BCUT2D eigenvalue weighted by atomic mass is 16.5. The molecular formula is C16H16N4O. The Morgan fingerprint density at radius 3 is 2.71 bits per heavy atom. The zero-order chi connectivity index (χ0) is 14.7. The molecule has 0 spiro atoms. The summed E-state index contributed by atoms with van der Waals surface area (Å²) in [6, 6.07) is 13.9. The van der Waals surface area contributed by atoms with Gasteiger partial charge in [0.2, 0.25) is 0 Å². The molecule has 2 aromatic heterocycles. The van der Waals surface area contributed by atoms with Crippen molar-refractivity contribution in [1.82, 2.24) is 15.0 Å². The average Bonchev–Trinajstić information content (AvgIpc) is 2.47. The molecule has 0 radical (unpaired) electrons. The molecule has 0 bridgehead atoms. The van der Waals surface area contributed by atoms with Crippen LogP contribution in [0.4, 0.5) is 5.82 Å². The second kappa shape index (κ2) is 5.85. The van der Waals surface area contributed by atoms with Crippen molar-refractivity contribution >= 4 is 16.7 Å². The van der Waals surface area contributed by atoms with Crippen LogP contribution in [-0.4, -0.2) is 22.1 Å². The Labute approximate surface area is 122 Å². The molecule has 0 saturated heterocycles. The first kappa shape index (κ1) is 13.5. The number of aromatic nitrogens is 3. The summed E-state index contributed by atoms with van der Waals surface area (Å²) < 4.78 is 5.05. The summed E-state index contributed by atoms with van der Waals surface area (Å²) in [5.74, 6) is 1.04. The summed E-state index contributed by atoms with van der Waals surface area (Å²) in [6.07, 6.45) is 0.619. The Morgan fingerprint density at radius 1 is 1.00 bits per heavy atom. The molecule has 0 aliphatic rings. The van der Waals surface area contributed by atoms with E-state index in [1.54, 1.807) is 13.2 Å². The van der Waals surface area contributed by atoms with E-state index in [9.17, 15) is 0 Å². The number of rotatable bonds is 4. The number of nitrogen functional groups attached to an aromatic ring is 1. The molecule has 5 heteroatoms. The number of anilines is 1. The molecule has 0 amide bonds. The van der Waals surface area contributed by atoms with E-state index < -0.39 is 0 Å².